The molecule has 0 aromatic heterocycles. The summed E-state index contributed by atoms with van der Waals surface area (Å²) >= 11 is 0. The second-order valence-electron chi connectivity index (χ2n) is 6.03. The molecule has 1 aromatic rings. The van der Waals surface area contributed by atoms with Crippen molar-refractivity contribution in [3.05, 3.63) is 29.8 Å². The minimum absolute atomic E-state index is 0.00986. The van der Waals surface area contributed by atoms with E-state index in [-0.39, 0.29) is 17.9 Å². The van der Waals surface area contributed by atoms with Crippen LogP contribution in [0.1, 0.15) is 24.8 Å². The SMILES string of the molecule is O=C(CC1COCCN1)NCc1cccc(N2CCCC2=O)c1. The quantitative estimate of drug-likeness (QED) is 0.843. The van der Waals surface area contributed by atoms with Crippen molar-refractivity contribution >= 4 is 17.5 Å². The zero-order valence-corrected chi connectivity index (χ0v) is 13.2. The van der Waals surface area contributed by atoms with Crippen molar-refractivity contribution in [1.29, 1.82) is 0 Å². The van der Waals surface area contributed by atoms with Crippen molar-refractivity contribution in [2.45, 2.75) is 31.8 Å². The number of hydrogen-bond acceptors (Lipinski definition) is 4. The van der Waals surface area contributed by atoms with Gasteiger partial charge in [-0.2, -0.15) is 0 Å². The van der Waals surface area contributed by atoms with Crippen LogP contribution in [0.25, 0.3) is 0 Å². The average Bonchev–Trinajstić information content (AvgIpc) is 3.00. The first-order chi connectivity index (χ1) is 11.2. The minimum Gasteiger partial charge on any atom is -0.378 e. The van der Waals surface area contributed by atoms with E-state index in [9.17, 15) is 9.59 Å². The first-order valence-electron chi connectivity index (χ1n) is 8.19. The predicted molar refractivity (Wildman–Crippen MR) is 87.1 cm³/mol. The fraction of sp³-hybridized carbons (Fsp3) is 0.529. The Hall–Kier alpha value is -1.92. The first-order valence-corrected chi connectivity index (χ1v) is 8.19. The van der Waals surface area contributed by atoms with E-state index in [4.69, 9.17) is 4.74 Å². The van der Waals surface area contributed by atoms with Gasteiger partial charge in [-0.05, 0) is 24.1 Å². The van der Waals surface area contributed by atoms with Gasteiger partial charge in [0.05, 0.1) is 13.2 Å². The van der Waals surface area contributed by atoms with Gasteiger partial charge in [-0.1, -0.05) is 12.1 Å². The van der Waals surface area contributed by atoms with E-state index in [0.717, 1.165) is 30.8 Å². The summed E-state index contributed by atoms with van der Waals surface area (Å²) in [5, 5.41) is 6.21. The Kier molecular flexibility index (Phi) is 5.25. The molecule has 1 aromatic carbocycles. The van der Waals surface area contributed by atoms with Crippen LogP contribution in [-0.2, 0) is 20.9 Å². The van der Waals surface area contributed by atoms with Crippen LogP contribution in [0.3, 0.4) is 0 Å². The summed E-state index contributed by atoms with van der Waals surface area (Å²) in [4.78, 5) is 25.6. The van der Waals surface area contributed by atoms with E-state index in [2.05, 4.69) is 10.6 Å². The lowest BCUT2D eigenvalue weighted by atomic mass is 10.1. The lowest BCUT2D eigenvalue weighted by molar-refractivity contribution is -0.122. The highest BCUT2D eigenvalue weighted by Gasteiger charge is 2.21. The molecule has 124 valence electrons. The summed E-state index contributed by atoms with van der Waals surface area (Å²) < 4.78 is 5.35. The van der Waals surface area contributed by atoms with Gasteiger partial charge in [-0.15, -0.1) is 0 Å². The molecule has 0 radical (unpaired) electrons. The third-order valence-electron chi connectivity index (χ3n) is 4.22. The molecule has 1 atom stereocenters. The Morgan fingerprint density at radius 1 is 1.43 bits per heavy atom. The summed E-state index contributed by atoms with van der Waals surface area (Å²) in [6, 6.07) is 7.91. The van der Waals surface area contributed by atoms with E-state index in [1.165, 1.54) is 0 Å². The van der Waals surface area contributed by atoms with Crippen LogP contribution in [0.2, 0.25) is 0 Å². The third-order valence-corrected chi connectivity index (χ3v) is 4.22. The largest absolute Gasteiger partial charge is 0.378 e. The van der Waals surface area contributed by atoms with Gasteiger partial charge in [0.15, 0.2) is 0 Å². The lowest BCUT2D eigenvalue weighted by Crippen LogP contribution is -2.44. The second kappa shape index (κ2) is 7.57. The van der Waals surface area contributed by atoms with Gasteiger partial charge in [-0.25, -0.2) is 0 Å². The van der Waals surface area contributed by atoms with Gasteiger partial charge in [0.1, 0.15) is 0 Å². The van der Waals surface area contributed by atoms with Crippen LogP contribution in [0.5, 0.6) is 0 Å². The Labute approximate surface area is 136 Å². The number of carbonyl (C=O) groups excluding carboxylic acids is 2. The van der Waals surface area contributed by atoms with Crippen molar-refractivity contribution in [3.8, 4) is 0 Å². The molecule has 3 rings (SSSR count). The monoisotopic (exact) mass is 317 g/mol. The van der Waals surface area contributed by atoms with Gasteiger partial charge in [0, 0.05) is 44.2 Å². The number of morpholine rings is 1. The average molecular weight is 317 g/mol. The molecule has 2 N–H and O–H groups in total. The molecule has 0 aliphatic carbocycles. The first kappa shape index (κ1) is 16.0. The van der Waals surface area contributed by atoms with Gasteiger partial charge in [0.2, 0.25) is 11.8 Å². The maximum Gasteiger partial charge on any atom is 0.227 e. The van der Waals surface area contributed by atoms with Gasteiger partial charge >= 0.3 is 0 Å². The number of rotatable bonds is 5. The standard InChI is InChI=1S/C17H23N3O3/c21-16(10-14-12-23-8-6-18-14)19-11-13-3-1-4-15(9-13)20-7-2-5-17(20)22/h1,3-4,9,14,18H,2,5-8,10-12H2,(H,19,21). The summed E-state index contributed by atoms with van der Waals surface area (Å²) in [5.74, 6) is 0.185. The fourth-order valence-electron chi connectivity index (χ4n) is 3.00. The highest BCUT2D eigenvalue weighted by Crippen LogP contribution is 2.22. The van der Waals surface area contributed by atoms with Crippen LogP contribution in [0.4, 0.5) is 5.69 Å². The molecule has 2 heterocycles. The maximum atomic E-state index is 12.0. The van der Waals surface area contributed by atoms with Crippen molar-refractivity contribution in [3.63, 3.8) is 0 Å². The smallest absolute Gasteiger partial charge is 0.227 e. The number of hydrogen-bond donors (Lipinski definition) is 2. The number of anilines is 1. The van der Waals surface area contributed by atoms with Gasteiger partial charge in [0.25, 0.3) is 0 Å². The normalized spacial score (nSPS) is 21.5. The molecular weight excluding hydrogens is 294 g/mol. The Morgan fingerprint density at radius 3 is 3.09 bits per heavy atom. The number of amides is 2. The molecule has 2 fully saturated rings. The third kappa shape index (κ3) is 4.30. The van der Waals surface area contributed by atoms with Gasteiger partial charge in [-0.3, -0.25) is 9.59 Å². The highest BCUT2D eigenvalue weighted by molar-refractivity contribution is 5.95. The highest BCUT2D eigenvalue weighted by atomic mass is 16.5. The van der Waals surface area contributed by atoms with Crippen LogP contribution in [0, 0.1) is 0 Å². The number of benzene rings is 1. The molecule has 2 saturated heterocycles. The van der Waals surface area contributed by atoms with E-state index >= 15 is 0 Å². The molecule has 1 unspecified atom stereocenters. The number of ether oxygens (including phenoxy) is 1. The minimum atomic E-state index is 0.00986. The molecule has 0 saturated carbocycles. The van der Waals surface area contributed by atoms with Crippen LogP contribution in [-0.4, -0.2) is 44.2 Å². The number of nitrogens with zero attached hydrogens (tertiary/aromatic N) is 1. The van der Waals surface area contributed by atoms with Crippen molar-refractivity contribution in [1.82, 2.24) is 10.6 Å². The second-order valence-corrected chi connectivity index (χ2v) is 6.03. The van der Waals surface area contributed by atoms with Crippen LogP contribution < -0.4 is 15.5 Å². The summed E-state index contributed by atoms with van der Waals surface area (Å²) in [5.41, 5.74) is 1.92. The topological polar surface area (TPSA) is 70.7 Å². The zero-order valence-electron chi connectivity index (χ0n) is 13.2. The molecule has 23 heavy (non-hydrogen) atoms. The zero-order chi connectivity index (χ0) is 16.1. The Balaban J connectivity index is 1.51. The fourth-order valence-corrected chi connectivity index (χ4v) is 3.00. The van der Waals surface area contributed by atoms with E-state index < -0.39 is 0 Å². The van der Waals surface area contributed by atoms with Crippen molar-refractivity contribution in [2.75, 3.05) is 31.2 Å². The van der Waals surface area contributed by atoms with E-state index in [0.29, 0.717) is 32.6 Å². The summed E-state index contributed by atoms with van der Waals surface area (Å²) in [6.45, 7) is 3.34. The molecule has 0 bridgehead atoms. The van der Waals surface area contributed by atoms with Gasteiger partial charge < -0.3 is 20.3 Å². The number of carbonyl (C=O) groups is 2. The molecule has 0 spiro atoms. The van der Waals surface area contributed by atoms with Crippen LogP contribution in [0.15, 0.2) is 24.3 Å². The summed E-state index contributed by atoms with van der Waals surface area (Å²) in [7, 11) is 0. The molecule has 6 nitrogen and oxygen atoms in total. The molecule has 2 aliphatic rings. The predicted octanol–water partition coefficient (Wildman–Crippen LogP) is 0.808. The van der Waals surface area contributed by atoms with Crippen LogP contribution >= 0.6 is 0 Å². The summed E-state index contributed by atoms with van der Waals surface area (Å²) in [6.07, 6.45) is 1.96. The van der Waals surface area contributed by atoms with Crippen molar-refractivity contribution in [2.24, 2.45) is 0 Å². The molecule has 2 amide bonds. The van der Waals surface area contributed by atoms with Crippen molar-refractivity contribution < 1.29 is 14.3 Å². The molecule has 2 aliphatic heterocycles. The lowest BCUT2D eigenvalue weighted by Gasteiger charge is -2.23. The van der Waals surface area contributed by atoms with E-state index in [1.807, 2.05) is 29.2 Å². The molecular formula is C17H23N3O3. The van der Waals surface area contributed by atoms with E-state index in [1.54, 1.807) is 0 Å². The Bertz CT molecular complexity index is 570. The Morgan fingerprint density at radius 2 is 2.35 bits per heavy atom. The molecule has 6 heteroatoms. The maximum absolute atomic E-state index is 12.0. The number of nitrogens with one attached hydrogen (secondary N) is 2.